The van der Waals surface area contributed by atoms with Crippen LogP contribution < -0.4 is 11.1 Å². The van der Waals surface area contributed by atoms with Gasteiger partial charge in [-0.2, -0.15) is 0 Å². The molecule has 0 bridgehead atoms. The zero-order valence-corrected chi connectivity index (χ0v) is 11.5. The molecule has 0 atom stereocenters. The van der Waals surface area contributed by atoms with Crippen LogP contribution >= 0.6 is 11.6 Å². The van der Waals surface area contributed by atoms with Crippen LogP contribution in [0.2, 0.25) is 5.02 Å². The van der Waals surface area contributed by atoms with Crippen LogP contribution in [-0.2, 0) is 11.2 Å². The second-order valence-electron chi connectivity index (χ2n) is 4.34. The van der Waals surface area contributed by atoms with Crippen molar-refractivity contribution in [3.8, 4) is 0 Å². The molecular weight excluding hydrogens is 279 g/mol. The van der Waals surface area contributed by atoms with E-state index in [0.29, 0.717) is 12.1 Å². The molecule has 0 aliphatic heterocycles. The van der Waals surface area contributed by atoms with Crippen molar-refractivity contribution in [1.29, 1.82) is 0 Å². The van der Waals surface area contributed by atoms with Crippen LogP contribution in [0.4, 0.5) is 15.8 Å². The van der Waals surface area contributed by atoms with Gasteiger partial charge >= 0.3 is 0 Å². The summed E-state index contributed by atoms with van der Waals surface area (Å²) < 4.78 is 13.5. The number of hydrogen-bond donors (Lipinski definition) is 2. The number of carbonyl (C=O) groups is 1. The van der Waals surface area contributed by atoms with Crippen molar-refractivity contribution in [1.82, 2.24) is 0 Å². The standard InChI is InChI=1S/C15H14ClFN2O/c16-11-5-3-6-12(17)15(11)19-14(20)9-8-10-4-1-2-7-13(10)18/h1-7H,8-9,18H2,(H,19,20). The van der Waals surface area contributed by atoms with Crippen molar-refractivity contribution >= 4 is 28.9 Å². The molecule has 0 radical (unpaired) electrons. The highest BCUT2D eigenvalue weighted by Gasteiger charge is 2.11. The number of amides is 1. The monoisotopic (exact) mass is 292 g/mol. The third-order valence-corrected chi connectivity index (χ3v) is 3.22. The van der Waals surface area contributed by atoms with Gasteiger partial charge in [-0.05, 0) is 30.2 Å². The number of aryl methyl sites for hydroxylation is 1. The Bertz CT molecular complexity index is 611. The molecule has 0 saturated heterocycles. The van der Waals surface area contributed by atoms with Crippen molar-refractivity contribution in [2.75, 3.05) is 11.1 Å². The smallest absolute Gasteiger partial charge is 0.224 e. The third kappa shape index (κ3) is 3.48. The van der Waals surface area contributed by atoms with Crippen molar-refractivity contribution in [2.45, 2.75) is 12.8 Å². The summed E-state index contributed by atoms with van der Waals surface area (Å²) in [4.78, 5) is 11.8. The van der Waals surface area contributed by atoms with Crippen LogP contribution in [0.15, 0.2) is 42.5 Å². The van der Waals surface area contributed by atoms with E-state index in [1.165, 1.54) is 18.2 Å². The number of nitrogens with two attached hydrogens (primary N) is 1. The molecule has 0 aliphatic carbocycles. The lowest BCUT2D eigenvalue weighted by atomic mass is 10.1. The fraction of sp³-hybridized carbons (Fsp3) is 0.133. The Morgan fingerprint density at radius 3 is 2.65 bits per heavy atom. The van der Waals surface area contributed by atoms with Gasteiger partial charge in [-0.1, -0.05) is 35.9 Å². The molecule has 3 nitrogen and oxygen atoms in total. The predicted molar refractivity (Wildman–Crippen MR) is 79.2 cm³/mol. The van der Waals surface area contributed by atoms with Gasteiger partial charge in [0.2, 0.25) is 5.91 Å². The Balaban J connectivity index is 1.98. The van der Waals surface area contributed by atoms with E-state index in [2.05, 4.69) is 5.32 Å². The Labute approximate surface area is 121 Å². The maximum absolute atomic E-state index is 13.5. The molecule has 20 heavy (non-hydrogen) atoms. The number of para-hydroxylation sites is 2. The molecule has 5 heteroatoms. The molecule has 0 spiro atoms. The van der Waals surface area contributed by atoms with Crippen molar-refractivity contribution in [2.24, 2.45) is 0 Å². The van der Waals surface area contributed by atoms with Crippen LogP contribution in [0.25, 0.3) is 0 Å². The first-order valence-electron chi connectivity index (χ1n) is 6.15. The first-order chi connectivity index (χ1) is 9.58. The minimum absolute atomic E-state index is 0.0141. The average Bonchev–Trinajstić information content (AvgIpc) is 2.42. The maximum atomic E-state index is 13.5. The van der Waals surface area contributed by atoms with E-state index in [9.17, 15) is 9.18 Å². The minimum atomic E-state index is -0.551. The zero-order valence-electron chi connectivity index (χ0n) is 10.7. The van der Waals surface area contributed by atoms with Crippen molar-refractivity contribution < 1.29 is 9.18 Å². The zero-order chi connectivity index (χ0) is 14.5. The number of benzene rings is 2. The van der Waals surface area contributed by atoms with Gasteiger partial charge in [0.15, 0.2) is 0 Å². The summed E-state index contributed by atoms with van der Waals surface area (Å²) in [5.74, 6) is -0.856. The predicted octanol–water partition coefficient (Wildman–Crippen LogP) is 3.63. The van der Waals surface area contributed by atoms with E-state index in [1.54, 1.807) is 6.07 Å². The summed E-state index contributed by atoms with van der Waals surface area (Å²) in [5.41, 5.74) is 7.34. The highest BCUT2D eigenvalue weighted by molar-refractivity contribution is 6.33. The molecule has 2 rings (SSSR count). The Morgan fingerprint density at radius 1 is 1.20 bits per heavy atom. The van der Waals surface area contributed by atoms with Gasteiger partial charge in [-0.3, -0.25) is 4.79 Å². The molecule has 2 aromatic carbocycles. The molecule has 0 aromatic heterocycles. The number of nitrogens with one attached hydrogen (secondary N) is 1. The lowest BCUT2D eigenvalue weighted by Gasteiger charge is -2.09. The quantitative estimate of drug-likeness (QED) is 0.846. The molecule has 0 aliphatic rings. The molecule has 0 fully saturated rings. The molecule has 2 aromatic rings. The van der Waals surface area contributed by atoms with E-state index >= 15 is 0 Å². The van der Waals surface area contributed by atoms with E-state index in [1.807, 2.05) is 18.2 Å². The fourth-order valence-electron chi connectivity index (χ4n) is 1.83. The number of halogens is 2. The summed E-state index contributed by atoms with van der Waals surface area (Å²) in [6, 6.07) is 11.6. The number of anilines is 2. The summed E-state index contributed by atoms with van der Waals surface area (Å²) in [6.07, 6.45) is 0.698. The highest BCUT2D eigenvalue weighted by Crippen LogP contribution is 2.24. The number of carbonyl (C=O) groups excluding carboxylic acids is 1. The van der Waals surface area contributed by atoms with Crippen molar-refractivity contribution in [3.63, 3.8) is 0 Å². The van der Waals surface area contributed by atoms with Crippen LogP contribution in [0.3, 0.4) is 0 Å². The first kappa shape index (κ1) is 14.3. The molecule has 0 unspecified atom stereocenters. The molecule has 0 heterocycles. The Hall–Kier alpha value is -2.07. The first-order valence-corrected chi connectivity index (χ1v) is 6.53. The lowest BCUT2D eigenvalue weighted by molar-refractivity contribution is -0.116. The largest absolute Gasteiger partial charge is 0.399 e. The van der Waals surface area contributed by atoms with E-state index in [-0.39, 0.29) is 23.0 Å². The van der Waals surface area contributed by atoms with Gasteiger partial charge in [0.1, 0.15) is 5.82 Å². The second-order valence-corrected chi connectivity index (χ2v) is 4.75. The van der Waals surface area contributed by atoms with E-state index in [0.717, 1.165) is 5.56 Å². The summed E-state index contributed by atoms with van der Waals surface area (Å²) in [7, 11) is 0. The number of hydrogen-bond acceptors (Lipinski definition) is 2. The number of nitrogen functional groups attached to an aromatic ring is 1. The van der Waals surface area contributed by atoms with Crippen LogP contribution in [-0.4, -0.2) is 5.91 Å². The average molecular weight is 293 g/mol. The Morgan fingerprint density at radius 2 is 1.95 bits per heavy atom. The summed E-state index contributed by atoms with van der Waals surface area (Å²) >= 11 is 5.84. The summed E-state index contributed by atoms with van der Waals surface area (Å²) in [6.45, 7) is 0. The van der Waals surface area contributed by atoms with Gasteiger partial charge in [-0.25, -0.2) is 4.39 Å². The van der Waals surface area contributed by atoms with Gasteiger partial charge in [0.25, 0.3) is 0 Å². The van der Waals surface area contributed by atoms with Crippen LogP contribution in [0.5, 0.6) is 0 Å². The normalized spacial score (nSPS) is 10.3. The van der Waals surface area contributed by atoms with Gasteiger partial charge < -0.3 is 11.1 Å². The molecule has 104 valence electrons. The van der Waals surface area contributed by atoms with E-state index in [4.69, 9.17) is 17.3 Å². The SMILES string of the molecule is Nc1ccccc1CCC(=O)Nc1c(F)cccc1Cl. The van der Waals surface area contributed by atoms with Crippen LogP contribution in [0.1, 0.15) is 12.0 Å². The highest BCUT2D eigenvalue weighted by atomic mass is 35.5. The third-order valence-electron chi connectivity index (χ3n) is 2.90. The molecule has 0 saturated carbocycles. The molecular formula is C15H14ClFN2O. The molecule has 3 N–H and O–H groups in total. The van der Waals surface area contributed by atoms with Gasteiger partial charge in [0, 0.05) is 12.1 Å². The van der Waals surface area contributed by atoms with Crippen LogP contribution in [0, 0.1) is 5.82 Å². The minimum Gasteiger partial charge on any atom is -0.399 e. The topological polar surface area (TPSA) is 55.1 Å². The van der Waals surface area contributed by atoms with E-state index < -0.39 is 5.82 Å². The Kier molecular flexibility index (Phi) is 4.58. The van der Waals surface area contributed by atoms with Gasteiger partial charge in [-0.15, -0.1) is 0 Å². The van der Waals surface area contributed by atoms with Crippen molar-refractivity contribution in [3.05, 3.63) is 58.9 Å². The lowest BCUT2D eigenvalue weighted by Crippen LogP contribution is -2.14. The maximum Gasteiger partial charge on any atom is 0.224 e. The fourth-order valence-corrected chi connectivity index (χ4v) is 2.04. The summed E-state index contributed by atoms with van der Waals surface area (Å²) in [5, 5.41) is 2.66. The van der Waals surface area contributed by atoms with Gasteiger partial charge in [0.05, 0.1) is 10.7 Å². The molecule has 1 amide bonds. The number of rotatable bonds is 4. The second kappa shape index (κ2) is 6.39.